The first kappa shape index (κ1) is 31.5. The number of ether oxygens (including phenoxy) is 4. The largest absolute Gasteiger partial charge is 0.493 e. The molecule has 3 aromatic carbocycles. The van der Waals surface area contributed by atoms with Gasteiger partial charge in [0.15, 0.2) is 11.5 Å². The van der Waals surface area contributed by atoms with Gasteiger partial charge in [-0.1, -0.05) is 48.5 Å². The van der Waals surface area contributed by atoms with Gasteiger partial charge in [0, 0.05) is 43.1 Å². The van der Waals surface area contributed by atoms with Crippen LogP contribution in [0.3, 0.4) is 0 Å². The number of nitrogens with zero attached hydrogens (tertiary/aromatic N) is 3. The van der Waals surface area contributed by atoms with E-state index in [1.165, 1.54) is 16.0 Å². The zero-order chi connectivity index (χ0) is 32.3. The molecule has 0 bridgehead atoms. The maximum absolute atomic E-state index is 14.1. The summed E-state index contributed by atoms with van der Waals surface area (Å²) in [6, 6.07) is 25.1. The van der Waals surface area contributed by atoms with E-state index in [2.05, 4.69) is 70.5 Å². The molecular weight excluding hydrogens is 611 g/mol. The summed E-state index contributed by atoms with van der Waals surface area (Å²) in [4.78, 5) is 25.7. The number of methoxy groups -OCH3 is 2. The van der Waals surface area contributed by atoms with E-state index in [1.54, 1.807) is 14.2 Å². The molecule has 1 unspecified atom stereocenters. The monoisotopic (exact) mass is 651 g/mol. The molecule has 0 spiro atoms. The maximum atomic E-state index is 14.1. The van der Waals surface area contributed by atoms with E-state index in [0.29, 0.717) is 57.2 Å². The van der Waals surface area contributed by atoms with Crippen LogP contribution in [0.5, 0.6) is 11.5 Å². The van der Waals surface area contributed by atoms with Gasteiger partial charge in [-0.05, 0) is 54.3 Å². The smallest absolute Gasteiger partial charge is 0.340 e. The van der Waals surface area contributed by atoms with Crippen LogP contribution in [-0.2, 0) is 28.9 Å². The quantitative estimate of drug-likeness (QED) is 0.185. The minimum Gasteiger partial charge on any atom is -0.493 e. The van der Waals surface area contributed by atoms with Gasteiger partial charge < -0.3 is 23.8 Å². The Bertz CT molecular complexity index is 1730. The summed E-state index contributed by atoms with van der Waals surface area (Å²) in [6.45, 7) is 6.23. The minimum atomic E-state index is -0.279. The average molecular weight is 652 g/mol. The fraction of sp³-hybridized carbons (Fsp3) is 0.368. The van der Waals surface area contributed by atoms with Crippen LogP contribution in [0.1, 0.15) is 62.2 Å². The lowest BCUT2D eigenvalue weighted by Crippen LogP contribution is -2.38. The number of morpholine rings is 1. The topological polar surface area (TPSA) is 73.4 Å². The SMILES string of the molecule is CCOC(=O)c1c2c(nc(Cc3ccccc3)c1N1CCOCC1)[C@@H]1C(Sc3ccccc3)c3cc(OC)c(OC)cc3CCN1C2. The van der Waals surface area contributed by atoms with Gasteiger partial charge in [-0.3, -0.25) is 9.88 Å². The minimum absolute atomic E-state index is 0.0164. The van der Waals surface area contributed by atoms with Crippen molar-refractivity contribution in [1.82, 2.24) is 9.88 Å². The predicted molar refractivity (Wildman–Crippen MR) is 184 cm³/mol. The Morgan fingerprint density at radius 1 is 0.957 bits per heavy atom. The number of esters is 1. The second-order valence-corrected chi connectivity index (χ2v) is 13.3. The first-order chi connectivity index (χ1) is 23.1. The van der Waals surface area contributed by atoms with E-state index in [4.69, 9.17) is 23.9 Å². The van der Waals surface area contributed by atoms with E-state index in [1.807, 2.05) is 30.8 Å². The van der Waals surface area contributed by atoms with Crippen LogP contribution in [0.15, 0.2) is 77.7 Å². The van der Waals surface area contributed by atoms with Crippen molar-refractivity contribution in [1.29, 1.82) is 0 Å². The molecule has 8 nitrogen and oxygen atoms in total. The van der Waals surface area contributed by atoms with Gasteiger partial charge in [-0.2, -0.15) is 0 Å². The molecule has 1 fully saturated rings. The molecule has 0 aliphatic carbocycles. The number of benzene rings is 3. The molecule has 0 radical (unpaired) electrons. The highest BCUT2D eigenvalue weighted by atomic mass is 32.2. The number of hydrogen-bond donors (Lipinski definition) is 0. The number of anilines is 1. The Morgan fingerprint density at radius 3 is 2.36 bits per heavy atom. The van der Waals surface area contributed by atoms with Crippen LogP contribution in [0.4, 0.5) is 5.69 Å². The number of carbonyl (C=O) groups is 1. The molecule has 9 heteroatoms. The second-order valence-electron chi connectivity index (χ2n) is 12.1. The summed E-state index contributed by atoms with van der Waals surface area (Å²) in [6.07, 6.45) is 1.45. The van der Waals surface area contributed by atoms with Crippen LogP contribution in [-0.4, -0.2) is 69.5 Å². The lowest BCUT2D eigenvalue weighted by atomic mass is 9.93. The molecule has 1 saturated heterocycles. The van der Waals surface area contributed by atoms with E-state index >= 15 is 0 Å². The molecule has 0 amide bonds. The standard InChI is InChI=1S/C38H41N3O5S/c1-4-46-38(42)33-29-24-41-16-15-26-22-31(43-2)32(44-3)23-28(26)37(47-27-13-9-6-10-14-27)36(41)34(29)39-30(21-25-11-7-5-8-12-25)35(33)40-17-19-45-20-18-40/h5-14,22-23,36-37H,4,15-21,24H2,1-3H3/t36-,37?/m1/s1. The highest BCUT2D eigenvalue weighted by Gasteiger charge is 2.45. The van der Waals surface area contributed by atoms with Crippen LogP contribution >= 0.6 is 11.8 Å². The molecule has 4 heterocycles. The lowest BCUT2D eigenvalue weighted by molar-refractivity contribution is 0.0524. The van der Waals surface area contributed by atoms with Crippen molar-refractivity contribution in [2.75, 3.05) is 58.6 Å². The third kappa shape index (κ3) is 6.20. The van der Waals surface area contributed by atoms with E-state index < -0.39 is 0 Å². The number of rotatable bonds is 9. The summed E-state index contributed by atoms with van der Waals surface area (Å²) in [5.74, 6) is 1.17. The Balaban J connectivity index is 1.45. The van der Waals surface area contributed by atoms with Crippen molar-refractivity contribution in [3.8, 4) is 11.5 Å². The highest BCUT2D eigenvalue weighted by molar-refractivity contribution is 7.99. The number of fused-ring (bicyclic) bond motifs is 4. The van der Waals surface area contributed by atoms with E-state index in [9.17, 15) is 4.79 Å². The summed E-state index contributed by atoms with van der Waals surface area (Å²) >= 11 is 1.84. The highest BCUT2D eigenvalue weighted by Crippen LogP contribution is 2.55. The van der Waals surface area contributed by atoms with Crippen molar-refractivity contribution in [2.45, 2.75) is 42.5 Å². The average Bonchev–Trinajstić information content (AvgIpc) is 3.40. The van der Waals surface area contributed by atoms with Crippen molar-refractivity contribution < 1.29 is 23.7 Å². The molecule has 3 aliphatic heterocycles. The zero-order valence-corrected chi connectivity index (χ0v) is 28.1. The fourth-order valence-electron chi connectivity index (χ4n) is 7.20. The van der Waals surface area contributed by atoms with E-state index in [0.717, 1.165) is 46.9 Å². The summed E-state index contributed by atoms with van der Waals surface area (Å²) < 4.78 is 23.1. The molecule has 0 saturated carbocycles. The molecule has 244 valence electrons. The summed E-state index contributed by atoms with van der Waals surface area (Å²) in [7, 11) is 3.38. The summed E-state index contributed by atoms with van der Waals surface area (Å²) in [5, 5.41) is -0.0164. The van der Waals surface area contributed by atoms with Gasteiger partial charge in [0.2, 0.25) is 0 Å². The molecule has 0 N–H and O–H groups in total. The third-order valence-electron chi connectivity index (χ3n) is 9.35. The Kier molecular flexibility index (Phi) is 9.38. The van der Waals surface area contributed by atoms with Crippen LogP contribution in [0.25, 0.3) is 0 Å². The normalized spacial score (nSPS) is 18.9. The van der Waals surface area contributed by atoms with Gasteiger partial charge >= 0.3 is 5.97 Å². The van der Waals surface area contributed by atoms with E-state index in [-0.39, 0.29) is 17.3 Å². The number of aromatic nitrogens is 1. The molecule has 7 rings (SSSR count). The number of thioether (sulfide) groups is 1. The molecule has 4 aromatic rings. The van der Waals surface area contributed by atoms with Gasteiger partial charge in [0.05, 0.1) is 68.0 Å². The van der Waals surface area contributed by atoms with Gasteiger partial charge in [0.1, 0.15) is 0 Å². The van der Waals surface area contributed by atoms with Gasteiger partial charge in [0.25, 0.3) is 0 Å². The fourth-order valence-corrected chi connectivity index (χ4v) is 8.59. The molecule has 2 atom stereocenters. The van der Waals surface area contributed by atoms with Crippen molar-refractivity contribution >= 4 is 23.4 Å². The van der Waals surface area contributed by atoms with Crippen LogP contribution in [0, 0.1) is 0 Å². The van der Waals surface area contributed by atoms with Crippen LogP contribution in [0.2, 0.25) is 0 Å². The van der Waals surface area contributed by atoms with Gasteiger partial charge in [-0.15, -0.1) is 11.8 Å². The van der Waals surface area contributed by atoms with Crippen molar-refractivity contribution in [2.24, 2.45) is 0 Å². The molecule has 47 heavy (non-hydrogen) atoms. The van der Waals surface area contributed by atoms with Crippen molar-refractivity contribution in [3.05, 3.63) is 112 Å². The number of pyridine rings is 1. The third-order valence-corrected chi connectivity index (χ3v) is 10.7. The molecule has 1 aromatic heterocycles. The predicted octanol–water partition coefficient (Wildman–Crippen LogP) is 6.65. The second kappa shape index (κ2) is 14.0. The maximum Gasteiger partial charge on any atom is 0.340 e. The number of carbonyl (C=O) groups excluding carboxylic acids is 1. The Labute approximate surface area is 281 Å². The van der Waals surface area contributed by atoms with Gasteiger partial charge in [-0.25, -0.2) is 4.79 Å². The van der Waals surface area contributed by atoms with Crippen LogP contribution < -0.4 is 14.4 Å². The van der Waals surface area contributed by atoms with Crippen molar-refractivity contribution in [3.63, 3.8) is 0 Å². The molecule has 3 aliphatic rings. The Hall–Kier alpha value is -4.05. The zero-order valence-electron chi connectivity index (χ0n) is 27.2. The first-order valence-electron chi connectivity index (χ1n) is 16.4. The summed E-state index contributed by atoms with van der Waals surface area (Å²) in [5.41, 5.74) is 8.01. The first-order valence-corrected chi connectivity index (χ1v) is 17.3. The molecular formula is C38H41N3O5S. The Morgan fingerprint density at radius 2 is 1.66 bits per heavy atom. The number of hydrogen-bond acceptors (Lipinski definition) is 9. The lowest BCUT2D eigenvalue weighted by Gasteiger charge is -2.33.